The number of hydrogen-bond donors (Lipinski definition) is 1. The van der Waals surface area contributed by atoms with E-state index in [0.29, 0.717) is 18.8 Å². The molecule has 1 amide bonds. The number of ether oxygens (including phenoxy) is 1. The highest BCUT2D eigenvalue weighted by Gasteiger charge is 2.26. The Morgan fingerprint density at radius 1 is 1.10 bits per heavy atom. The van der Waals surface area contributed by atoms with E-state index in [2.05, 4.69) is 5.32 Å². The summed E-state index contributed by atoms with van der Waals surface area (Å²) in [6, 6.07) is 11.9. The van der Waals surface area contributed by atoms with Gasteiger partial charge in [-0.05, 0) is 61.2 Å². The Morgan fingerprint density at radius 3 is 2.30 bits per heavy atom. The predicted molar refractivity (Wildman–Crippen MR) is 114 cm³/mol. The minimum absolute atomic E-state index is 0.112. The number of carbonyl (C=O) groups excluding carboxylic acids is 1. The van der Waals surface area contributed by atoms with Gasteiger partial charge in [-0.15, -0.1) is 0 Å². The number of hydrogen-bond acceptors (Lipinski definition) is 4. The lowest BCUT2D eigenvalue weighted by Crippen LogP contribution is -2.41. The molecule has 0 aromatic heterocycles. The normalized spacial score (nSPS) is 11.7. The SMILES string of the molecule is CCOc1ccc(S(=O)(=O)N(CCC(C)C)CC(=O)NCc2ccc(F)cc2)cc1. The lowest BCUT2D eigenvalue weighted by atomic mass is 10.1. The molecule has 0 aliphatic rings. The van der Waals surface area contributed by atoms with Gasteiger partial charge in [-0.2, -0.15) is 4.31 Å². The molecule has 6 nitrogen and oxygen atoms in total. The molecule has 0 spiro atoms. The first-order chi connectivity index (χ1) is 14.2. The number of benzene rings is 2. The van der Waals surface area contributed by atoms with E-state index in [1.165, 1.54) is 28.6 Å². The smallest absolute Gasteiger partial charge is 0.243 e. The molecular weight excluding hydrogens is 407 g/mol. The van der Waals surface area contributed by atoms with E-state index < -0.39 is 15.9 Å². The number of halogens is 1. The van der Waals surface area contributed by atoms with E-state index in [0.717, 1.165) is 5.56 Å². The van der Waals surface area contributed by atoms with Crippen LogP contribution >= 0.6 is 0 Å². The van der Waals surface area contributed by atoms with Gasteiger partial charge in [0.2, 0.25) is 15.9 Å². The highest BCUT2D eigenvalue weighted by atomic mass is 32.2. The van der Waals surface area contributed by atoms with Gasteiger partial charge in [-0.25, -0.2) is 12.8 Å². The summed E-state index contributed by atoms with van der Waals surface area (Å²) in [5.74, 6) is 0.0940. The van der Waals surface area contributed by atoms with Gasteiger partial charge < -0.3 is 10.1 Å². The molecule has 30 heavy (non-hydrogen) atoms. The summed E-state index contributed by atoms with van der Waals surface area (Å²) in [5.41, 5.74) is 0.729. The van der Waals surface area contributed by atoms with Crippen molar-refractivity contribution >= 4 is 15.9 Å². The van der Waals surface area contributed by atoms with Gasteiger partial charge in [-0.1, -0.05) is 26.0 Å². The molecule has 0 bridgehead atoms. The Hall–Kier alpha value is -2.45. The monoisotopic (exact) mass is 436 g/mol. The third-order valence-corrected chi connectivity index (χ3v) is 6.31. The fourth-order valence-electron chi connectivity index (χ4n) is 2.73. The molecule has 0 fully saturated rings. The quantitative estimate of drug-likeness (QED) is 0.584. The van der Waals surface area contributed by atoms with E-state index in [-0.39, 0.29) is 36.3 Å². The summed E-state index contributed by atoms with van der Waals surface area (Å²) < 4.78 is 45.8. The summed E-state index contributed by atoms with van der Waals surface area (Å²) in [5, 5.41) is 2.70. The highest BCUT2D eigenvalue weighted by molar-refractivity contribution is 7.89. The summed E-state index contributed by atoms with van der Waals surface area (Å²) in [6.07, 6.45) is 0.626. The van der Waals surface area contributed by atoms with Crippen molar-refractivity contribution in [3.63, 3.8) is 0 Å². The Labute approximate surface area is 178 Å². The minimum Gasteiger partial charge on any atom is -0.494 e. The van der Waals surface area contributed by atoms with Crippen LogP contribution in [0, 0.1) is 11.7 Å². The zero-order chi connectivity index (χ0) is 22.1. The molecule has 1 N–H and O–H groups in total. The van der Waals surface area contributed by atoms with Crippen molar-refractivity contribution in [2.75, 3.05) is 19.7 Å². The molecule has 0 radical (unpaired) electrons. The van der Waals surface area contributed by atoms with Crippen molar-refractivity contribution in [3.05, 3.63) is 59.9 Å². The molecule has 2 rings (SSSR count). The number of amides is 1. The van der Waals surface area contributed by atoms with Crippen molar-refractivity contribution < 1.29 is 22.3 Å². The average Bonchev–Trinajstić information content (AvgIpc) is 2.71. The van der Waals surface area contributed by atoms with Crippen LogP contribution in [-0.2, 0) is 21.4 Å². The molecule has 0 atom stereocenters. The van der Waals surface area contributed by atoms with E-state index >= 15 is 0 Å². The van der Waals surface area contributed by atoms with Crippen molar-refractivity contribution in [1.29, 1.82) is 0 Å². The molecule has 0 unspecified atom stereocenters. The van der Waals surface area contributed by atoms with Crippen LogP contribution in [0.25, 0.3) is 0 Å². The molecule has 2 aromatic carbocycles. The first kappa shape index (κ1) is 23.8. The second-order valence-corrected chi connectivity index (χ2v) is 9.27. The van der Waals surface area contributed by atoms with Crippen LogP contribution in [-0.4, -0.2) is 38.3 Å². The number of carbonyl (C=O) groups is 1. The summed E-state index contributed by atoms with van der Waals surface area (Å²) in [4.78, 5) is 12.6. The van der Waals surface area contributed by atoms with Crippen molar-refractivity contribution in [2.45, 2.75) is 38.6 Å². The molecular formula is C22H29FN2O4S. The second-order valence-electron chi connectivity index (χ2n) is 7.33. The van der Waals surface area contributed by atoms with Gasteiger partial charge >= 0.3 is 0 Å². The van der Waals surface area contributed by atoms with Crippen LogP contribution in [0.1, 0.15) is 32.8 Å². The number of nitrogens with zero attached hydrogens (tertiary/aromatic N) is 1. The minimum atomic E-state index is -3.84. The summed E-state index contributed by atoms with van der Waals surface area (Å²) >= 11 is 0. The van der Waals surface area contributed by atoms with Crippen LogP contribution in [0.4, 0.5) is 4.39 Å². The lowest BCUT2D eigenvalue weighted by molar-refractivity contribution is -0.121. The fraction of sp³-hybridized carbons (Fsp3) is 0.409. The van der Waals surface area contributed by atoms with E-state index in [9.17, 15) is 17.6 Å². The highest BCUT2D eigenvalue weighted by Crippen LogP contribution is 2.20. The largest absolute Gasteiger partial charge is 0.494 e. The van der Waals surface area contributed by atoms with Gasteiger partial charge in [-0.3, -0.25) is 4.79 Å². The molecule has 8 heteroatoms. The topological polar surface area (TPSA) is 75.7 Å². The number of nitrogens with one attached hydrogen (secondary N) is 1. The van der Waals surface area contributed by atoms with Crippen molar-refractivity contribution in [1.82, 2.24) is 9.62 Å². The standard InChI is InChI=1S/C22H29FN2O4S/c1-4-29-20-9-11-21(12-10-20)30(27,28)25(14-13-17(2)3)16-22(26)24-15-18-5-7-19(23)8-6-18/h5-12,17H,4,13-16H2,1-3H3,(H,24,26). The zero-order valence-electron chi connectivity index (χ0n) is 17.6. The third kappa shape index (κ3) is 7.11. The van der Waals surface area contributed by atoms with Gasteiger partial charge in [0, 0.05) is 13.1 Å². The number of rotatable bonds is 11. The van der Waals surface area contributed by atoms with Crippen molar-refractivity contribution in [3.8, 4) is 5.75 Å². The van der Waals surface area contributed by atoms with Crippen LogP contribution in [0.5, 0.6) is 5.75 Å². The zero-order valence-corrected chi connectivity index (χ0v) is 18.4. The van der Waals surface area contributed by atoms with E-state index in [4.69, 9.17) is 4.74 Å². The molecule has 0 saturated carbocycles. The maximum absolute atomic E-state index is 13.1. The third-order valence-electron chi connectivity index (χ3n) is 4.45. The van der Waals surface area contributed by atoms with E-state index in [1.807, 2.05) is 20.8 Å². The average molecular weight is 437 g/mol. The Bertz CT molecular complexity index is 913. The maximum atomic E-state index is 13.1. The summed E-state index contributed by atoms with van der Waals surface area (Å²) in [7, 11) is -3.84. The van der Waals surface area contributed by atoms with Gasteiger partial charge in [0.15, 0.2) is 0 Å². The molecule has 0 aliphatic carbocycles. The van der Waals surface area contributed by atoms with Crippen LogP contribution in [0.2, 0.25) is 0 Å². The van der Waals surface area contributed by atoms with Gasteiger partial charge in [0.1, 0.15) is 11.6 Å². The maximum Gasteiger partial charge on any atom is 0.243 e. The van der Waals surface area contributed by atoms with Gasteiger partial charge in [0.05, 0.1) is 18.0 Å². The van der Waals surface area contributed by atoms with Crippen LogP contribution in [0.15, 0.2) is 53.4 Å². The van der Waals surface area contributed by atoms with Gasteiger partial charge in [0.25, 0.3) is 0 Å². The first-order valence-corrected chi connectivity index (χ1v) is 11.4. The fourth-order valence-corrected chi connectivity index (χ4v) is 4.14. The van der Waals surface area contributed by atoms with Crippen molar-refractivity contribution in [2.24, 2.45) is 5.92 Å². The Balaban J connectivity index is 2.10. The second kappa shape index (κ2) is 11.1. The Kier molecular flexibility index (Phi) is 8.80. The molecule has 0 saturated heterocycles. The molecule has 2 aromatic rings. The molecule has 0 aliphatic heterocycles. The number of sulfonamides is 1. The molecule has 0 heterocycles. The van der Waals surface area contributed by atoms with Crippen LogP contribution in [0.3, 0.4) is 0 Å². The predicted octanol–water partition coefficient (Wildman–Crippen LogP) is 3.58. The Morgan fingerprint density at radius 2 is 1.73 bits per heavy atom. The van der Waals surface area contributed by atoms with E-state index in [1.54, 1.807) is 24.3 Å². The molecule has 164 valence electrons. The summed E-state index contributed by atoms with van der Waals surface area (Å²) in [6.45, 7) is 6.47. The lowest BCUT2D eigenvalue weighted by Gasteiger charge is -2.23. The van der Waals surface area contributed by atoms with Crippen LogP contribution < -0.4 is 10.1 Å². The first-order valence-electron chi connectivity index (χ1n) is 9.96.